The second kappa shape index (κ2) is 4.63. The maximum atomic E-state index is 12.1. The minimum atomic E-state index is -0.261. The van der Waals surface area contributed by atoms with Crippen molar-refractivity contribution in [3.8, 4) is 0 Å². The average Bonchev–Trinajstić information content (AvgIpc) is 2.75. The molecular weight excluding hydrogens is 210 g/mol. The Bertz CT molecular complexity index is 377. The van der Waals surface area contributed by atoms with E-state index in [9.17, 15) is 4.79 Å². The smallest absolute Gasteiger partial charge is 0.274 e. The molecule has 6 nitrogen and oxygen atoms in total. The van der Waals surface area contributed by atoms with Crippen LogP contribution in [0.3, 0.4) is 0 Å². The van der Waals surface area contributed by atoms with Gasteiger partial charge in [-0.15, -0.1) is 0 Å². The van der Waals surface area contributed by atoms with Gasteiger partial charge in [-0.05, 0) is 6.07 Å². The monoisotopic (exact) mass is 225 g/mol. The van der Waals surface area contributed by atoms with Gasteiger partial charge in [0.1, 0.15) is 5.69 Å². The molecule has 16 heavy (non-hydrogen) atoms. The van der Waals surface area contributed by atoms with E-state index in [4.69, 9.17) is 9.84 Å². The van der Waals surface area contributed by atoms with Gasteiger partial charge in [-0.25, -0.2) is 0 Å². The molecule has 1 amide bonds. The molecule has 2 heterocycles. The number of amides is 1. The van der Waals surface area contributed by atoms with E-state index in [1.54, 1.807) is 28.9 Å². The van der Waals surface area contributed by atoms with E-state index in [-0.39, 0.29) is 18.6 Å². The number of hydrogen-bond donors (Lipinski definition) is 1. The van der Waals surface area contributed by atoms with Crippen LogP contribution >= 0.6 is 0 Å². The van der Waals surface area contributed by atoms with Crippen LogP contribution in [-0.2, 0) is 11.8 Å². The van der Waals surface area contributed by atoms with Gasteiger partial charge in [0.15, 0.2) is 0 Å². The van der Waals surface area contributed by atoms with Gasteiger partial charge >= 0.3 is 0 Å². The Morgan fingerprint density at radius 3 is 3.19 bits per heavy atom. The molecule has 0 spiro atoms. The van der Waals surface area contributed by atoms with Gasteiger partial charge in [0.05, 0.1) is 25.9 Å². The number of aromatic nitrogens is 2. The molecule has 0 aromatic carbocycles. The van der Waals surface area contributed by atoms with Gasteiger partial charge in [0.2, 0.25) is 0 Å². The number of nitrogens with zero attached hydrogens (tertiary/aromatic N) is 3. The van der Waals surface area contributed by atoms with Gasteiger partial charge in [-0.3, -0.25) is 9.48 Å². The summed E-state index contributed by atoms with van der Waals surface area (Å²) in [7, 11) is 1.76. The summed E-state index contributed by atoms with van der Waals surface area (Å²) in [5.74, 6) is -0.150. The van der Waals surface area contributed by atoms with E-state index >= 15 is 0 Å². The van der Waals surface area contributed by atoms with E-state index < -0.39 is 0 Å². The third-order valence-corrected chi connectivity index (χ3v) is 2.63. The molecule has 1 fully saturated rings. The van der Waals surface area contributed by atoms with Crippen molar-refractivity contribution >= 4 is 5.91 Å². The van der Waals surface area contributed by atoms with Gasteiger partial charge in [0.25, 0.3) is 5.91 Å². The van der Waals surface area contributed by atoms with Crippen molar-refractivity contribution in [2.75, 3.05) is 26.4 Å². The number of carbonyl (C=O) groups is 1. The van der Waals surface area contributed by atoms with Crippen LogP contribution in [0.15, 0.2) is 12.3 Å². The van der Waals surface area contributed by atoms with Crippen molar-refractivity contribution in [2.45, 2.75) is 6.04 Å². The average molecular weight is 225 g/mol. The molecule has 1 atom stereocenters. The summed E-state index contributed by atoms with van der Waals surface area (Å²) in [5.41, 5.74) is 0.405. The number of rotatable bonds is 2. The van der Waals surface area contributed by atoms with Crippen LogP contribution in [0.1, 0.15) is 10.5 Å². The summed E-state index contributed by atoms with van der Waals surface area (Å²) in [5, 5.41) is 13.2. The largest absolute Gasteiger partial charge is 0.394 e. The summed E-state index contributed by atoms with van der Waals surface area (Å²) in [6.45, 7) is 1.31. The number of hydrogen-bond acceptors (Lipinski definition) is 4. The lowest BCUT2D eigenvalue weighted by Gasteiger charge is -2.33. The molecule has 1 unspecified atom stereocenters. The fourth-order valence-corrected chi connectivity index (χ4v) is 1.75. The maximum Gasteiger partial charge on any atom is 0.274 e. The predicted molar refractivity (Wildman–Crippen MR) is 55.9 cm³/mol. The summed E-state index contributed by atoms with van der Waals surface area (Å²) in [6.07, 6.45) is 1.72. The maximum absolute atomic E-state index is 12.1. The van der Waals surface area contributed by atoms with E-state index in [1.165, 1.54) is 0 Å². The van der Waals surface area contributed by atoms with E-state index in [2.05, 4.69) is 5.10 Å². The molecule has 2 rings (SSSR count). The molecule has 6 heteroatoms. The van der Waals surface area contributed by atoms with E-state index in [0.29, 0.717) is 25.5 Å². The van der Waals surface area contributed by atoms with Crippen molar-refractivity contribution in [1.82, 2.24) is 14.7 Å². The highest BCUT2D eigenvalue weighted by Crippen LogP contribution is 2.10. The normalized spacial score (nSPS) is 21.1. The Morgan fingerprint density at radius 2 is 2.56 bits per heavy atom. The number of aliphatic hydroxyl groups excluding tert-OH is 1. The second-order valence-corrected chi connectivity index (χ2v) is 3.78. The summed E-state index contributed by atoms with van der Waals surface area (Å²) in [6, 6.07) is 1.41. The molecule has 1 aliphatic heterocycles. The number of aryl methyl sites for hydroxylation is 1. The fraction of sp³-hybridized carbons (Fsp3) is 0.600. The Hall–Kier alpha value is -1.40. The highest BCUT2D eigenvalue weighted by molar-refractivity contribution is 5.92. The van der Waals surface area contributed by atoms with Crippen LogP contribution in [0, 0.1) is 0 Å². The Labute approximate surface area is 93.4 Å². The zero-order valence-corrected chi connectivity index (χ0v) is 9.17. The first-order valence-electron chi connectivity index (χ1n) is 5.21. The third-order valence-electron chi connectivity index (χ3n) is 2.63. The van der Waals surface area contributed by atoms with Crippen LogP contribution in [0.5, 0.6) is 0 Å². The minimum Gasteiger partial charge on any atom is -0.394 e. The predicted octanol–water partition coefficient (Wildman–Crippen LogP) is -0.747. The van der Waals surface area contributed by atoms with Crippen molar-refractivity contribution in [3.63, 3.8) is 0 Å². The van der Waals surface area contributed by atoms with E-state index in [1.807, 2.05) is 0 Å². The molecule has 1 saturated heterocycles. The van der Waals surface area contributed by atoms with Crippen LogP contribution in [-0.4, -0.2) is 58.1 Å². The molecule has 1 aromatic heterocycles. The van der Waals surface area contributed by atoms with Gasteiger partial charge in [0, 0.05) is 19.8 Å². The molecule has 88 valence electrons. The molecule has 1 aromatic rings. The lowest BCUT2D eigenvalue weighted by Crippen LogP contribution is -2.50. The lowest BCUT2D eigenvalue weighted by molar-refractivity contribution is -0.0186. The summed E-state index contributed by atoms with van der Waals surface area (Å²) >= 11 is 0. The highest BCUT2D eigenvalue weighted by Gasteiger charge is 2.28. The number of aliphatic hydroxyl groups is 1. The first kappa shape index (κ1) is 11.1. The SMILES string of the molecule is Cn1ccc(C(=O)N2CCOCC2CO)n1. The molecule has 0 saturated carbocycles. The van der Waals surface area contributed by atoms with Crippen LogP contribution in [0.4, 0.5) is 0 Å². The molecule has 1 aliphatic rings. The quantitative estimate of drug-likeness (QED) is 0.719. The van der Waals surface area contributed by atoms with Crippen LogP contribution < -0.4 is 0 Å². The summed E-state index contributed by atoms with van der Waals surface area (Å²) < 4.78 is 6.80. The minimum absolute atomic E-state index is 0.0847. The third kappa shape index (κ3) is 2.07. The van der Waals surface area contributed by atoms with Crippen molar-refractivity contribution in [3.05, 3.63) is 18.0 Å². The lowest BCUT2D eigenvalue weighted by atomic mass is 10.2. The Balaban J connectivity index is 2.13. The number of ether oxygens (including phenoxy) is 1. The van der Waals surface area contributed by atoms with Crippen molar-refractivity contribution in [2.24, 2.45) is 7.05 Å². The standard InChI is InChI=1S/C10H15N3O3/c1-12-3-2-9(11-12)10(15)13-4-5-16-7-8(13)6-14/h2-3,8,14H,4-7H2,1H3. The Kier molecular flexibility index (Phi) is 3.21. The van der Waals surface area contributed by atoms with Gasteiger partial charge < -0.3 is 14.7 Å². The summed E-state index contributed by atoms with van der Waals surface area (Å²) in [4.78, 5) is 13.7. The number of morpholine rings is 1. The fourth-order valence-electron chi connectivity index (χ4n) is 1.75. The van der Waals surface area contributed by atoms with Crippen molar-refractivity contribution in [1.29, 1.82) is 0 Å². The number of carbonyl (C=O) groups excluding carboxylic acids is 1. The van der Waals surface area contributed by atoms with Gasteiger partial charge in [-0.2, -0.15) is 5.10 Å². The topological polar surface area (TPSA) is 67.6 Å². The molecular formula is C10H15N3O3. The Morgan fingerprint density at radius 1 is 1.75 bits per heavy atom. The first-order chi connectivity index (χ1) is 7.72. The van der Waals surface area contributed by atoms with E-state index in [0.717, 1.165) is 0 Å². The highest BCUT2D eigenvalue weighted by atomic mass is 16.5. The molecule has 0 radical (unpaired) electrons. The first-order valence-corrected chi connectivity index (χ1v) is 5.21. The van der Waals surface area contributed by atoms with Crippen molar-refractivity contribution < 1.29 is 14.6 Å². The zero-order chi connectivity index (χ0) is 11.5. The molecule has 1 N–H and O–H groups in total. The van der Waals surface area contributed by atoms with Crippen LogP contribution in [0.25, 0.3) is 0 Å². The second-order valence-electron chi connectivity index (χ2n) is 3.78. The van der Waals surface area contributed by atoms with Gasteiger partial charge in [-0.1, -0.05) is 0 Å². The van der Waals surface area contributed by atoms with Crippen LogP contribution in [0.2, 0.25) is 0 Å². The molecule has 0 aliphatic carbocycles. The molecule has 0 bridgehead atoms. The zero-order valence-electron chi connectivity index (χ0n) is 9.17.